The van der Waals surface area contributed by atoms with E-state index >= 15 is 0 Å². The Morgan fingerprint density at radius 3 is 2.60 bits per heavy atom. The van der Waals surface area contributed by atoms with Gasteiger partial charge in [-0.3, -0.25) is 9.78 Å². The first kappa shape index (κ1) is 13.5. The van der Waals surface area contributed by atoms with Crippen LogP contribution in [-0.2, 0) is 12.8 Å². The quantitative estimate of drug-likeness (QED) is 0.901. The molecule has 0 radical (unpaired) electrons. The van der Waals surface area contributed by atoms with E-state index in [1.54, 1.807) is 6.20 Å². The van der Waals surface area contributed by atoms with Gasteiger partial charge >= 0.3 is 0 Å². The van der Waals surface area contributed by atoms with Crippen LogP contribution in [0.2, 0.25) is 0 Å². The van der Waals surface area contributed by atoms with Gasteiger partial charge in [-0.1, -0.05) is 6.92 Å². The van der Waals surface area contributed by atoms with Gasteiger partial charge in [-0.05, 0) is 57.3 Å². The zero-order valence-electron chi connectivity index (χ0n) is 12.2. The Bertz CT molecular complexity index is 492. The van der Waals surface area contributed by atoms with Crippen molar-refractivity contribution in [1.29, 1.82) is 0 Å². The van der Waals surface area contributed by atoms with Crippen LogP contribution in [-0.4, -0.2) is 21.9 Å². The van der Waals surface area contributed by atoms with E-state index < -0.39 is 0 Å². The number of fused-ring (bicyclic) bond motifs is 1. The van der Waals surface area contributed by atoms with Gasteiger partial charge in [0.15, 0.2) is 0 Å². The van der Waals surface area contributed by atoms with Crippen molar-refractivity contribution in [2.45, 2.75) is 64.3 Å². The van der Waals surface area contributed by atoms with Gasteiger partial charge in [0, 0.05) is 6.04 Å². The summed E-state index contributed by atoms with van der Waals surface area (Å²) in [7, 11) is 0. The second-order valence-corrected chi connectivity index (χ2v) is 6.29. The Morgan fingerprint density at radius 2 is 1.85 bits per heavy atom. The minimum Gasteiger partial charge on any atom is -0.348 e. The lowest BCUT2D eigenvalue weighted by atomic mass is 9.87. The van der Waals surface area contributed by atoms with Gasteiger partial charge in [0.1, 0.15) is 5.69 Å². The van der Waals surface area contributed by atoms with E-state index in [4.69, 9.17) is 0 Å². The lowest BCUT2D eigenvalue weighted by molar-refractivity contribution is 0.0917. The first-order valence-corrected chi connectivity index (χ1v) is 7.88. The van der Waals surface area contributed by atoms with Crippen molar-refractivity contribution in [3.63, 3.8) is 0 Å². The summed E-state index contributed by atoms with van der Waals surface area (Å²) < 4.78 is 0. The highest BCUT2D eigenvalue weighted by atomic mass is 16.1. The maximum atomic E-state index is 12.3. The van der Waals surface area contributed by atoms with E-state index in [1.807, 2.05) is 0 Å². The Morgan fingerprint density at radius 1 is 1.15 bits per heavy atom. The van der Waals surface area contributed by atoms with Gasteiger partial charge in [0.05, 0.1) is 17.6 Å². The fraction of sp³-hybridized carbons (Fsp3) is 0.688. The van der Waals surface area contributed by atoms with Crippen molar-refractivity contribution in [2.24, 2.45) is 5.92 Å². The van der Waals surface area contributed by atoms with Crippen LogP contribution in [0.15, 0.2) is 6.20 Å². The van der Waals surface area contributed by atoms with Crippen molar-refractivity contribution in [3.8, 4) is 0 Å². The molecule has 2 aliphatic carbocycles. The molecular formula is C16H23N3O. The molecule has 0 spiro atoms. The Hall–Kier alpha value is -1.45. The summed E-state index contributed by atoms with van der Waals surface area (Å²) in [6.45, 7) is 2.28. The number of carbonyl (C=O) groups excluding carboxylic acids is 1. The third-order valence-electron chi connectivity index (χ3n) is 4.59. The van der Waals surface area contributed by atoms with E-state index in [1.165, 1.54) is 19.3 Å². The summed E-state index contributed by atoms with van der Waals surface area (Å²) in [6.07, 6.45) is 10.6. The lowest BCUT2D eigenvalue weighted by Gasteiger charge is -2.26. The first-order valence-electron chi connectivity index (χ1n) is 7.88. The average molecular weight is 273 g/mol. The maximum Gasteiger partial charge on any atom is 0.271 e. The number of rotatable bonds is 2. The number of hydrogen-bond donors (Lipinski definition) is 1. The van der Waals surface area contributed by atoms with Crippen LogP contribution >= 0.6 is 0 Å². The summed E-state index contributed by atoms with van der Waals surface area (Å²) in [5, 5.41) is 3.12. The maximum absolute atomic E-state index is 12.3. The van der Waals surface area contributed by atoms with Gasteiger partial charge in [-0.15, -0.1) is 0 Å². The van der Waals surface area contributed by atoms with Gasteiger partial charge < -0.3 is 5.32 Å². The van der Waals surface area contributed by atoms with Crippen LogP contribution in [0.5, 0.6) is 0 Å². The van der Waals surface area contributed by atoms with Crippen LogP contribution in [0.1, 0.15) is 67.3 Å². The van der Waals surface area contributed by atoms with Crippen LogP contribution < -0.4 is 5.32 Å². The molecule has 0 atom stereocenters. The summed E-state index contributed by atoms with van der Waals surface area (Å²) in [5.74, 6) is 0.747. The molecule has 1 fully saturated rings. The van der Waals surface area contributed by atoms with Gasteiger partial charge in [0.2, 0.25) is 0 Å². The molecule has 4 nitrogen and oxygen atoms in total. The standard InChI is InChI=1S/C16H23N3O/c1-11-6-8-12(9-7-11)18-16(20)15-10-17-13-4-2-3-5-14(13)19-15/h10-12H,2-9H2,1H3,(H,18,20). The predicted octanol–water partition coefficient (Wildman–Crippen LogP) is 2.66. The molecule has 0 unspecified atom stereocenters. The van der Waals surface area contributed by atoms with Gasteiger partial charge in [-0.2, -0.15) is 0 Å². The smallest absolute Gasteiger partial charge is 0.271 e. The normalized spacial score (nSPS) is 25.9. The van der Waals surface area contributed by atoms with Crippen LogP contribution in [0, 0.1) is 5.92 Å². The Kier molecular flexibility index (Phi) is 3.99. The Labute approximate surface area is 120 Å². The molecule has 1 aromatic rings. The summed E-state index contributed by atoms with van der Waals surface area (Å²) in [6, 6.07) is 0.316. The fourth-order valence-corrected chi connectivity index (χ4v) is 3.22. The van der Waals surface area contributed by atoms with Crippen molar-refractivity contribution in [1.82, 2.24) is 15.3 Å². The molecule has 20 heavy (non-hydrogen) atoms. The number of amides is 1. The molecule has 108 valence electrons. The molecule has 2 aliphatic rings. The van der Waals surface area contributed by atoms with Crippen molar-refractivity contribution in [3.05, 3.63) is 23.3 Å². The lowest BCUT2D eigenvalue weighted by Crippen LogP contribution is -2.38. The fourth-order valence-electron chi connectivity index (χ4n) is 3.22. The number of nitrogens with one attached hydrogen (secondary N) is 1. The third kappa shape index (κ3) is 3.00. The van der Waals surface area contributed by atoms with Crippen LogP contribution in [0.3, 0.4) is 0 Å². The third-order valence-corrected chi connectivity index (χ3v) is 4.59. The van der Waals surface area contributed by atoms with E-state index in [9.17, 15) is 4.79 Å². The van der Waals surface area contributed by atoms with Gasteiger partial charge in [-0.25, -0.2) is 4.98 Å². The predicted molar refractivity (Wildman–Crippen MR) is 77.6 cm³/mol. The highest BCUT2D eigenvalue weighted by molar-refractivity contribution is 5.92. The minimum absolute atomic E-state index is 0.0505. The summed E-state index contributed by atoms with van der Waals surface area (Å²) in [5.41, 5.74) is 2.60. The molecular weight excluding hydrogens is 250 g/mol. The molecule has 0 saturated heterocycles. The van der Waals surface area contributed by atoms with Crippen LogP contribution in [0.4, 0.5) is 0 Å². The molecule has 0 bridgehead atoms. The summed E-state index contributed by atoms with van der Waals surface area (Å²) in [4.78, 5) is 21.2. The minimum atomic E-state index is -0.0505. The zero-order valence-corrected chi connectivity index (χ0v) is 12.2. The van der Waals surface area contributed by atoms with E-state index in [0.29, 0.717) is 11.7 Å². The molecule has 3 rings (SSSR count). The SMILES string of the molecule is CC1CCC(NC(=O)c2cnc3c(n2)CCCC3)CC1. The highest BCUT2D eigenvalue weighted by Crippen LogP contribution is 2.23. The van der Waals surface area contributed by atoms with Gasteiger partial charge in [0.25, 0.3) is 5.91 Å². The largest absolute Gasteiger partial charge is 0.348 e. The number of hydrogen-bond acceptors (Lipinski definition) is 3. The molecule has 1 amide bonds. The number of nitrogens with zero attached hydrogens (tertiary/aromatic N) is 2. The van der Waals surface area contributed by atoms with Crippen LogP contribution in [0.25, 0.3) is 0 Å². The second kappa shape index (κ2) is 5.90. The Balaban J connectivity index is 1.65. The van der Waals surface area contributed by atoms with E-state index in [2.05, 4.69) is 22.2 Å². The first-order chi connectivity index (χ1) is 9.72. The van der Waals surface area contributed by atoms with E-state index in [0.717, 1.165) is 49.4 Å². The van der Waals surface area contributed by atoms with Crippen molar-refractivity contribution >= 4 is 5.91 Å². The molecule has 1 saturated carbocycles. The summed E-state index contributed by atoms with van der Waals surface area (Å²) >= 11 is 0. The molecule has 0 aromatic carbocycles. The van der Waals surface area contributed by atoms with Crippen molar-refractivity contribution < 1.29 is 4.79 Å². The molecule has 4 heteroatoms. The van der Waals surface area contributed by atoms with E-state index in [-0.39, 0.29) is 5.91 Å². The topological polar surface area (TPSA) is 54.9 Å². The zero-order chi connectivity index (χ0) is 13.9. The van der Waals surface area contributed by atoms with Crippen molar-refractivity contribution in [2.75, 3.05) is 0 Å². The average Bonchev–Trinajstić information content (AvgIpc) is 2.49. The second-order valence-electron chi connectivity index (χ2n) is 6.29. The highest BCUT2D eigenvalue weighted by Gasteiger charge is 2.22. The number of aryl methyl sites for hydroxylation is 2. The molecule has 0 aliphatic heterocycles. The monoisotopic (exact) mass is 273 g/mol. The molecule has 1 aromatic heterocycles. The number of carbonyl (C=O) groups is 1. The molecule has 1 heterocycles. The molecule has 1 N–H and O–H groups in total. The number of aromatic nitrogens is 2.